The first kappa shape index (κ1) is 15.0. The van der Waals surface area contributed by atoms with Crippen molar-refractivity contribution in [3.63, 3.8) is 0 Å². The fourth-order valence-electron chi connectivity index (χ4n) is 2.55. The number of likely N-dealkylation sites (tertiary alicyclic amines) is 1. The number of sulfonamides is 1. The minimum absolute atomic E-state index is 0.0227. The van der Waals surface area contributed by atoms with Crippen LogP contribution in [0.5, 0.6) is 0 Å². The zero-order valence-corrected chi connectivity index (χ0v) is 12.4. The summed E-state index contributed by atoms with van der Waals surface area (Å²) in [5.41, 5.74) is 0. The molecule has 1 saturated heterocycles. The van der Waals surface area contributed by atoms with Gasteiger partial charge in [0.15, 0.2) is 5.76 Å². The number of aryl methyl sites for hydroxylation is 1. The van der Waals surface area contributed by atoms with Crippen LogP contribution in [0.25, 0.3) is 0 Å². The molecule has 1 aliphatic rings. The first-order chi connectivity index (χ1) is 9.34. The second kappa shape index (κ2) is 5.55. The third kappa shape index (κ3) is 2.87. The molecule has 8 heteroatoms. The van der Waals surface area contributed by atoms with Gasteiger partial charge in [-0.3, -0.25) is 4.79 Å². The van der Waals surface area contributed by atoms with Gasteiger partial charge in [-0.15, -0.1) is 0 Å². The molecule has 1 fully saturated rings. The summed E-state index contributed by atoms with van der Waals surface area (Å²) in [5, 5.41) is 8.12. The first-order valence-electron chi connectivity index (χ1n) is 6.43. The second-order valence-corrected chi connectivity index (χ2v) is 6.46. The van der Waals surface area contributed by atoms with Crippen LogP contribution in [0, 0.1) is 6.92 Å². The normalized spacial score (nSPS) is 19.6. The molecule has 112 valence electrons. The van der Waals surface area contributed by atoms with E-state index in [4.69, 9.17) is 9.56 Å². The summed E-state index contributed by atoms with van der Waals surface area (Å²) in [6, 6.07) is 1.32. The van der Waals surface area contributed by atoms with Gasteiger partial charge in [-0.05, 0) is 26.8 Å². The summed E-state index contributed by atoms with van der Waals surface area (Å²) in [7, 11) is -2.04. The number of carbonyl (C=O) groups is 1. The SMILES string of the molecule is CNC[C@H]1CCCN1C(=O)c1cc(S(N)(=O)=O)c(C)o1. The van der Waals surface area contributed by atoms with E-state index < -0.39 is 10.0 Å². The molecular formula is C12H19N3O4S. The van der Waals surface area contributed by atoms with Gasteiger partial charge in [-0.25, -0.2) is 13.6 Å². The third-order valence-electron chi connectivity index (χ3n) is 3.47. The predicted molar refractivity (Wildman–Crippen MR) is 72.8 cm³/mol. The Hall–Kier alpha value is -1.38. The second-order valence-electron chi connectivity index (χ2n) is 4.93. The number of nitrogens with one attached hydrogen (secondary N) is 1. The van der Waals surface area contributed by atoms with Crippen molar-refractivity contribution < 1.29 is 17.6 Å². The zero-order chi connectivity index (χ0) is 14.9. The maximum absolute atomic E-state index is 12.4. The molecular weight excluding hydrogens is 282 g/mol. The molecule has 1 aromatic heterocycles. The lowest BCUT2D eigenvalue weighted by Crippen LogP contribution is -2.40. The molecule has 1 aromatic rings. The van der Waals surface area contributed by atoms with Crippen LogP contribution >= 0.6 is 0 Å². The van der Waals surface area contributed by atoms with E-state index in [2.05, 4.69) is 5.32 Å². The molecule has 0 unspecified atom stereocenters. The number of hydrogen-bond acceptors (Lipinski definition) is 5. The van der Waals surface area contributed by atoms with Crippen molar-refractivity contribution in [1.82, 2.24) is 10.2 Å². The molecule has 1 aliphatic heterocycles. The Morgan fingerprint density at radius 3 is 2.85 bits per heavy atom. The van der Waals surface area contributed by atoms with Crippen molar-refractivity contribution in [2.75, 3.05) is 20.1 Å². The van der Waals surface area contributed by atoms with Crippen LogP contribution in [-0.2, 0) is 10.0 Å². The number of furan rings is 1. The van der Waals surface area contributed by atoms with Crippen LogP contribution in [-0.4, -0.2) is 45.4 Å². The van der Waals surface area contributed by atoms with Crippen molar-refractivity contribution in [1.29, 1.82) is 0 Å². The van der Waals surface area contributed by atoms with Crippen molar-refractivity contribution in [3.8, 4) is 0 Å². The molecule has 0 aromatic carbocycles. The lowest BCUT2D eigenvalue weighted by molar-refractivity contribution is 0.0703. The topological polar surface area (TPSA) is 106 Å². The highest BCUT2D eigenvalue weighted by Crippen LogP contribution is 2.24. The van der Waals surface area contributed by atoms with Crippen LogP contribution < -0.4 is 10.5 Å². The van der Waals surface area contributed by atoms with E-state index in [1.165, 1.54) is 13.0 Å². The fraction of sp³-hybridized carbons (Fsp3) is 0.583. The highest BCUT2D eigenvalue weighted by atomic mass is 32.2. The van der Waals surface area contributed by atoms with E-state index >= 15 is 0 Å². The number of hydrogen-bond donors (Lipinski definition) is 2. The molecule has 0 aliphatic carbocycles. The van der Waals surface area contributed by atoms with Crippen molar-refractivity contribution in [3.05, 3.63) is 17.6 Å². The molecule has 0 saturated carbocycles. The molecule has 3 N–H and O–H groups in total. The minimum Gasteiger partial charge on any atom is -0.455 e. The van der Waals surface area contributed by atoms with Gasteiger partial charge in [0.1, 0.15) is 10.7 Å². The van der Waals surface area contributed by atoms with Crippen LogP contribution in [0.4, 0.5) is 0 Å². The van der Waals surface area contributed by atoms with E-state index in [-0.39, 0.29) is 28.4 Å². The maximum atomic E-state index is 12.4. The molecule has 1 atom stereocenters. The Bertz CT molecular complexity index is 608. The van der Waals surface area contributed by atoms with E-state index in [1.807, 2.05) is 7.05 Å². The van der Waals surface area contributed by atoms with Crippen LogP contribution in [0.15, 0.2) is 15.4 Å². The Kier molecular flexibility index (Phi) is 4.17. The standard InChI is InChI=1S/C12H19N3O4S/c1-8-11(20(13,17)18)6-10(19-8)12(16)15-5-3-4-9(15)7-14-2/h6,9,14H,3-5,7H2,1-2H3,(H2,13,17,18)/t9-/m1/s1. The van der Waals surface area contributed by atoms with Crippen LogP contribution in [0.1, 0.15) is 29.2 Å². The van der Waals surface area contributed by atoms with Gasteiger partial charge in [0.25, 0.3) is 5.91 Å². The third-order valence-corrected chi connectivity index (χ3v) is 4.49. The number of nitrogens with zero attached hydrogens (tertiary/aromatic N) is 1. The van der Waals surface area contributed by atoms with Gasteiger partial charge in [0.2, 0.25) is 10.0 Å². The first-order valence-corrected chi connectivity index (χ1v) is 7.98. The summed E-state index contributed by atoms with van der Waals surface area (Å²) in [6.45, 7) is 2.83. The molecule has 0 radical (unpaired) electrons. The number of carbonyl (C=O) groups excluding carboxylic acids is 1. The summed E-state index contributed by atoms with van der Waals surface area (Å²) in [6.07, 6.45) is 1.86. The minimum atomic E-state index is -3.87. The lowest BCUT2D eigenvalue weighted by Gasteiger charge is -2.23. The maximum Gasteiger partial charge on any atom is 0.289 e. The Morgan fingerprint density at radius 2 is 2.30 bits per heavy atom. The quantitative estimate of drug-likeness (QED) is 0.818. The zero-order valence-electron chi connectivity index (χ0n) is 11.5. The van der Waals surface area contributed by atoms with Crippen LogP contribution in [0.3, 0.4) is 0 Å². The van der Waals surface area contributed by atoms with Crippen molar-refractivity contribution in [2.24, 2.45) is 5.14 Å². The van der Waals surface area contributed by atoms with Gasteiger partial charge in [0.05, 0.1) is 0 Å². The van der Waals surface area contributed by atoms with Gasteiger partial charge in [-0.2, -0.15) is 0 Å². The molecule has 0 spiro atoms. The van der Waals surface area contributed by atoms with Crippen molar-refractivity contribution in [2.45, 2.75) is 30.7 Å². The number of likely N-dealkylation sites (N-methyl/N-ethyl adjacent to an activating group) is 1. The highest BCUT2D eigenvalue weighted by Gasteiger charge is 2.31. The summed E-state index contributed by atoms with van der Waals surface area (Å²) in [5.74, 6) is -0.129. The number of nitrogens with two attached hydrogens (primary N) is 1. The van der Waals surface area contributed by atoms with E-state index in [1.54, 1.807) is 4.90 Å². The van der Waals surface area contributed by atoms with Gasteiger partial charge in [0, 0.05) is 25.2 Å². The van der Waals surface area contributed by atoms with E-state index in [9.17, 15) is 13.2 Å². The van der Waals surface area contributed by atoms with Gasteiger partial charge < -0.3 is 14.6 Å². The van der Waals surface area contributed by atoms with Crippen LogP contribution in [0.2, 0.25) is 0 Å². The summed E-state index contributed by atoms with van der Waals surface area (Å²) >= 11 is 0. The van der Waals surface area contributed by atoms with E-state index in [0.717, 1.165) is 12.8 Å². The predicted octanol–water partition coefficient (Wildman–Crippen LogP) is 0.0594. The number of rotatable bonds is 4. The lowest BCUT2D eigenvalue weighted by atomic mass is 10.2. The fourth-order valence-corrected chi connectivity index (χ4v) is 3.26. The average Bonchev–Trinajstić information content (AvgIpc) is 2.94. The summed E-state index contributed by atoms with van der Waals surface area (Å²) < 4.78 is 28.0. The Balaban J connectivity index is 2.26. The van der Waals surface area contributed by atoms with Crippen molar-refractivity contribution >= 4 is 15.9 Å². The molecule has 0 bridgehead atoms. The number of amides is 1. The largest absolute Gasteiger partial charge is 0.455 e. The van der Waals surface area contributed by atoms with Gasteiger partial charge >= 0.3 is 0 Å². The van der Waals surface area contributed by atoms with E-state index in [0.29, 0.717) is 13.1 Å². The molecule has 2 rings (SSSR count). The average molecular weight is 301 g/mol. The monoisotopic (exact) mass is 301 g/mol. The highest BCUT2D eigenvalue weighted by molar-refractivity contribution is 7.89. The molecule has 7 nitrogen and oxygen atoms in total. The summed E-state index contributed by atoms with van der Waals surface area (Å²) in [4.78, 5) is 14.0. The molecule has 1 amide bonds. The molecule has 2 heterocycles. The Morgan fingerprint density at radius 1 is 1.60 bits per heavy atom. The smallest absolute Gasteiger partial charge is 0.289 e. The number of primary sulfonamides is 1. The Labute approximate surface area is 118 Å². The van der Waals surface area contributed by atoms with Gasteiger partial charge in [-0.1, -0.05) is 0 Å². The molecule has 20 heavy (non-hydrogen) atoms.